The minimum Gasteiger partial charge on any atom is -0.387 e. The van der Waals surface area contributed by atoms with E-state index in [1.54, 1.807) is 0 Å². The van der Waals surface area contributed by atoms with Crippen molar-refractivity contribution in [2.75, 3.05) is 39.0 Å². The molecule has 274 valence electrons. The second-order valence-electron chi connectivity index (χ2n) is 13.4. The van der Waals surface area contributed by atoms with Crippen LogP contribution in [0.1, 0.15) is 52.8 Å². The molecule has 0 unspecified atom stereocenters. The van der Waals surface area contributed by atoms with Gasteiger partial charge in [0, 0.05) is 91.2 Å². The standard InChI is InChI=1S/C39H44Cl2N6O4S/c1-52(50,51)46-22-17-37-35(26-46)39(44-47(37)19-2-18-45-20-15-34(16-21-45)43-38(49)27-48)32-11-14-36(41)31(23-32)10-7-28-3-5-29(6-4-28)24-42-25-30-8-12-33(40)13-9-30/h3-6,8-9,11-14,23,34,42,48H,2,15-22,24-27H2,1H3,(H,43,49). The number of aliphatic hydroxyl groups excluding tert-OH is 1. The van der Waals surface area contributed by atoms with Crippen LogP contribution in [0.4, 0.5) is 0 Å². The number of aryl methyl sites for hydroxylation is 1. The summed E-state index contributed by atoms with van der Waals surface area (Å²) >= 11 is 12.6. The molecule has 1 saturated heterocycles. The van der Waals surface area contributed by atoms with Gasteiger partial charge in [0.15, 0.2) is 0 Å². The van der Waals surface area contributed by atoms with Gasteiger partial charge in [-0.3, -0.25) is 9.48 Å². The van der Waals surface area contributed by atoms with Crippen LogP contribution in [0.2, 0.25) is 10.0 Å². The van der Waals surface area contributed by atoms with Crippen LogP contribution in [0.25, 0.3) is 11.3 Å². The highest BCUT2D eigenvalue weighted by molar-refractivity contribution is 7.88. The number of aliphatic hydroxyl groups is 1. The monoisotopic (exact) mass is 762 g/mol. The van der Waals surface area contributed by atoms with Crippen LogP contribution >= 0.6 is 23.2 Å². The van der Waals surface area contributed by atoms with Crippen molar-refractivity contribution < 1.29 is 18.3 Å². The van der Waals surface area contributed by atoms with E-state index in [2.05, 4.69) is 39.5 Å². The van der Waals surface area contributed by atoms with Crippen LogP contribution in [-0.2, 0) is 47.4 Å². The van der Waals surface area contributed by atoms with Gasteiger partial charge in [0.1, 0.15) is 6.61 Å². The maximum absolute atomic E-state index is 12.6. The summed E-state index contributed by atoms with van der Waals surface area (Å²) in [6.45, 7) is 5.02. The number of rotatable bonds is 12. The van der Waals surface area contributed by atoms with E-state index in [1.165, 1.54) is 16.1 Å². The Morgan fingerprint density at radius 3 is 2.31 bits per heavy atom. The molecule has 3 N–H and O–H groups in total. The van der Waals surface area contributed by atoms with Gasteiger partial charge < -0.3 is 20.6 Å². The van der Waals surface area contributed by atoms with Crippen LogP contribution < -0.4 is 10.6 Å². The molecule has 3 aromatic carbocycles. The van der Waals surface area contributed by atoms with Gasteiger partial charge in [0.2, 0.25) is 15.9 Å². The SMILES string of the molecule is CS(=O)(=O)N1CCc2c(c(-c3ccc(Cl)c(C#Cc4ccc(CNCc5ccc(Cl)cc5)cc4)c3)nn2CCCN2CCC(NC(=O)CO)CC2)C1. The Bertz CT molecular complexity index is 2030. The molecule has 4 aromatic rings. The van der Waals surface area contributed by atoms with E-state index in [4.69, 9.17) is 33.4 Å². The average molecular weight is 764 g/mol. The molecule has 0 radical (unpaired) electrons. The normalized spacial score (nSPS) is 15.5. The highest BCUT2D eigenvalue weighted by Crippen LogP contribution is 2.33. The van der Waals surface area contributed by atoms with E-state index in [0.717, 1.165) is 90.7 Å². The van der Waals surface area contributed by atoms with Crippen LogP contribution in [0.3, 0.4) is 0 Å². The number of nitrogens with zero attached hydrogens (tertiary/aromatic N) is 4. The second kappa shape index (κ2) is 17.4. The van der Waals surface area contributed by atoms with E-state index in [-0.39, 0.29) is 18.5 Å². The van der Waals surface area contributed by atoms with Gasteiger partial charge in [-0.05, 0) is 73.3 Å². The number of benzene rings is 3. The van der Waals surface area contributed by atoms with E-state index in [1.807, 2.05) is 59.3 Å². The molecule has 0 aliphatic carbocycles. The zero-order valence-electron chi connectivity index (χ0n) is 29.2. The Labute approximate surface area is 316 Å². The summed E-state index contributed by atoms with van der Waals surface area (Å²) in [5, 5.41) is 21.7. The topological polar surface area (TPSA) is 120 Å². The quantitative estimate of drug-likeness (QED) is 0.177. The summed E-state index contributed by atoms with van der Waals surface area (Å²) in [6, 6.07) is 21.7. The van der Waals surface area contributed by atoms with E-state index < -0.39 is 16.6 Å². The lowest BCUT2D eigenvalue weighted by atomic mass is 10.0. The van der Waals surface area contributed by atoms with E-state index in [9.17, 15) is 13.2 Å². The van der Waals surface area contributed by atoms with Crippen molar-refractivity contribution in [3.05, 3.63) is 110 Å². The van der Waals surface area contributed by atoms with Crippen molar-refractivity contribution in [2.45, 2.75) is 57.9 Å². The van der Waals surface area contributed by atoms with Crippen molar-refractivity contribution >= 4 is 39.1 Å². The van der Waals surface area contributed by atoms with Crippen LogP contribution in [0, 0.1) is 11.8 Å². The Kier molecular flexibility index (Phi) is 12.7. The fourth-order valence-electron chi connectivity index (χ4n) is 6.75. The number of carbonyl (C=O) groups excluding carboxylic acids is 1. The Morgan fingerprint density at radius 1 is 0.942 bits per heavy atom. The maximum atomic E-state index is 12.6. The molecular formula is C39H44Cl2N6O4S. The molecule has 3 heterocycles. The second-order valence-corrected chi connectivity index (χ2v) is 16.2. The lowest BCUT2D eigenvalue weighted by molar-refractivity contribution is -0.124. The fourth-order valence-corrected chi connectivity index (χ4v) is 7.83. The number of sulfonamides is 1. The number of carbonyl (C=O) groups is 1. The molecule has 1 aromatic heterocycles. The molecule has 0 saturated carbocycles. The number of aromatic nitrogens is 2. The van der Waals surface area contributed by atoms with Gasteiger partial charge in [0.25, 0.3) is 0 Å². The van der Waals surface area contributed by atoms with Gasteiger partial charge >= 0.3 is 0 Å². The largest absolute Gasteiger partial charge is 0.387 e. The first-order valence-electron chi connectivity index (χ1n) is 17.6. The smallest absolute Gasteiger partial charge is 0.245 e. The number of halogens is 2. The Hall–Kier alpha value is -3.73. The zero-order chi connectivity index (χ0) is 36.7. The minimum absolute atomic E-state index is 0.100. The number of piperidine rings is 1. The van der Waals surface area contributed by atoms with Crippen molar-refractivity contribution in [2.24, 2.45) is 0 Å². The number of hydrogen-bond acceptors (Lipinski definition) is 7. The van der Waals surface area contributed by atoms with E-state index in [0.29, 0.717) is 30.1 Å². The third-order valence-electron chi connectivity index (χ3n) is 9.62. The van der Waals surface area contributed by atoms with Crippen molar-refractivity contribution in [1.82, 2.24) is 29.6 Å². The maximum Gasteiger partial charge on any atom is 0.245 e. The molecule has 1 amide bonds. The van der Waals surface area contributed by atoms with Crippen LogP contribution in [0.5, 0.6) is 0 Å². The predicted octanol–water partition coefficient (Wildman–Crippen LogP) is 4.83. The molecule has 2 aliphatic rings. The first kappa shape index (κ1) is 38.0. The molecular weight excluding hydrogens is 719 g/mol. The van der Waals surface area contributed by atoms with Gasteiger partial charge in [-0.25, -0.2) is 8.42 Å². The molecule has 0 bridgehead atoms. The third-order valence-corrected chi connectivity index (χ3v) is 11.4. The molecule has 1 fully saturated rings. The summed E-state index contributed by atoms with van der Waals surface area (Å²) in [5.74, 6) is 6.17. The molecule has 0 spiro atoms. The lowest BCUT2D eigenvalue weighted by Crippen LogP contribution is -2.45. The zero-order valence-corrected chi connectivity index (χ0v) is 31.6. The molecule has 52 heavy (non-hydrogen) atoms. The highest BCUT2D eigenvalue weighted by atomic mass is 35.5. The number of fused-ring (bicyclic) bond motifs is 1. The number of amides is 1. The highest BCUT2D eigenvalue weighted by Gasteiger charge is 2.30. The summed E-state index contributed by atoms with van der Waals surface area (Å²) < 4.78 is 28.7. The average Bonchev–Trinajstić information content (AvgIpc) is 3.50. The number of likely N-dealkylation sites (tertiary alicyclic amines) is 1. The van der Waals surface area contributed by atoms with Gasteiger partial charge in [-0.1, -0.05) is 65.4 Å². The number of hydrogen-bond donors (Lipinski definition) is 3. The predicted molar refractivity (Wildman–Crippen MR) is 205 cm³/mol. The van der Waals surface area contributed by atoms with Crippen molar-refractivity contribution in [3.8, 4) is 23.1 Å². The summed E-state index contributed by atoms with van der Waals surface area (Å²) in [7, 11) is -3.38. The Balaban J connectivity index is 1.14. The molecule has 13 heteroatoms. The van der Waals surface area contributed by atoms with Crippen LogP contribution in [0.15, 0.2) is 66.7 Å². The third kappa shape index (κ3) is 10.0. The van der Waals surface area contributed by atoms with Crippen molar-refractivity contribution in [3.63, 3.8) is 0 Å². The van der Waals surface area contributed by atoms with Gasteiger partial charge in [0.05, 0.1) is 17.0 Å². The van der Waals surface area contributed by atoms with Gasteiger partial charge in [-0.15, -0.1) is 0 Å². The first-order valence-corrected chi connectivity index (χ1v) is 20.2. The fraction of sp³-hybridized carbons (Fsp3) is 0.385. The lowest BCUT2D eigenvalue weighted by Gasteiger charge is -2.32. The van der Waals surface area contributed by atoms with Crippen LogP contribution in [-0.4, -0.2) is 83.5 Å². The molecule has 2 aliphatic heterocycles. The molecule has 6 rings (SSSR count). The molecule has 10 nitrogen and oxygen atoms in total. The van der Waals surface area contributed by atoms with Gasteiger partial charge in [-0.2, -0.15) is 9.40 Å². The Morgan fingerprint density at radius 2 is 1.63 bits per heavy atom. The summed E-state index contributed by atoms with van der Waals surface area (Å²) in [6.07, 6.45) is 4.42. The summed E-state index contributed by atoms with van der Waals surface area (Å²) in [4.78, 5) is 13.9. The van der Waals surface area contributed by atoms with Crippen molar-refractivity contribution in [1.29, 1.82) is 0 Å². The van der Waals surface area contributed by atoms with E-state index >= 15 is 0 Å². The summed E-state index contributed by atoms with van der Waals surface area (Å²) in [5.41, 5.74) is 7.43. The molecule has 0 atom stereocenters. The number of nitrogens with one attached hydrogen (secondary N) is 2. The minimum atomic E-state index is -3.38. The first-order chi connectivity index (χ1) is 25.1.